The molecule has 0 saturated carbocycles. The van der Waals surface area contributed by atoms with Crippen LogP contribution in [0.25, 0.3) is 6.08 Å². The van der Waals surface area contributed by atoms with Gasteiger partial charge in [0.25, 0.3) is 0 Å². The number of carbonyl (C=O) groups is 1. The third kappa shape index (κ3) is 5.18. The highest BCUT2D eigenvalue weighted by Crippen LogP contribution is 2.23. The molecule has 22 heavy (non-hydrogen) atoms. The minimum atomic E-state index is -0.332. The van der Waals surface area contributed by atoms with Gasteiger partial charge in [-0.2, -0.15) is 0 Å². The first-order valence-electron chi connectivity index (χ1n) is 7.00. The van der Waals surface area contributed by atoms with Gasteiger partial charge in [0, 0.05) is 6.08 Å². The monoisotopic (exact) mass is 408 g/mol. The highest BCUT2D eigenvalue weighted by atomic mass is 127. The molecular formula is C18H17IO3. The zero-order chi connectivity index (χ0) is 15.8. The zero-order valence-electron chi connectivity index (χ0n) is 12.3. The molecule has 0 aliphatic carbocycles. The molecule has 2 aromatic rings. The maximum absolute atomic E-state index is 11.3. The summed E-state index contributed by atoms with van der Waals surface area (Å²) in [6.45, 7) is 2.70. The first kappa shape index (κ1) is 16.5. The topological polar surface area (TPSA) is 35.5 Å². The molecule has 0 bridgehead atoms. The molecule has 0 aromatic heterocycles. The van der Waals surface area contributed by atoms with Crippen molar-refractivity contribution in [3.8, 4) is 5.75 Å². The lowest BCUT2D eigenvalue weighted by Crippen LogP contribution is -1.99. The molecule has 2 rings (SSSR count). The van der Waals surface area contributed by atoms with Gasteiger partial charge in [-0.15, -0.1) is 0 Å². The normalized spacial score (nSPS) is 10.6. The van der Waals surface area contributed by atoms with E-state index < -0.39 is 0 Å². The minimum absolute atomic E-state index is 0.332. The summed E-state index contributed by atoms with van der Waals surface area (Å²) in [5, 5.41) is 0. The first-order valence-corrected chi connectivity index (χ1v) is 8.08. The highest BCUT2D eigenvalue weighted by molar-refractivity contribution is 14.1. The van der Waals surface area contributed by atoms with Crippen molar-refractivity contribution in [3.63, 3.8) is 0 Å². The summed E-state index contributed by atoms with van der Waals surface area (Å²) in [6, 6.07) is 15.8. The van der Waals surface area contributed by atoms with E-state index in [0.717, 1.165) is 20.4 Å². The Balaban J connectivity index is 1.99. The van der Waals surface area contributed by atoms with Crippen LogP contribution < -0.4 is 4.74 Å². The van der Waals surface area contributed by atoms with Crippen LogP contribution in [-0.2, 0) is 16.1 Å². The third-order valence-corrected chi connectivity index (χ3v) is 3.73. The van der Waals surface area contributed by atoms with Gasteiger partial charge in [-0.1, -0.05) is 36.4 Å². The zero-order valence-corrected chi connectivity index (χ0v) is 14.4. The molecular weight excluding hydrogens is 391 g/mol. The second-order valence-corrected chi connectivity index (χ2v) is 5.71. The number of ether oxygens (including phenoxy) is 2. The van der Waals surface area contributed by atoms with Gasteiger partial charge in [-0.05, 0) is 58.9 Å². The molecule has 0 atom stereocenters. The molecule has 0 fully saturated rings. The molecule has 0 amide bonds. The average molecular weight is 408 g/mol. The Bertz CT molecular complexity index is 651. The SMILES string of the molecule is CCOC(=O)/C=C/c1ccc(OCc2ccccc2)c(I)c1. The number of hydrogen-bond donors (Lipinski definition) is 0. The summed E-state index contributed by atoms with van der Waals surface area (Å²) in [5.74, 6) is 0.500. The average Bonchev–Trinajstić information content (AvgIpc) is 2.53. The van der Waals surface area contributed by atoms with E-state index in [2.05, 4.69) is 22.6 Å². The van der Waals surface area contributed by atoms with Crippen molar-refractivity contribution in [2.24, 2.45) is 0 Å². The van der Waals surface area contributed by atoms with Crippen LogP contribution >= 0.6 is 22.6 Å². The van der Waals surface area contributed by atoms with E-state index in [1.165, 1.54) is 6.08 Å². The molecule has 3 nitrogen and oxygen atoms in total. The fourth-order valence-electron chi connectivity index (χ4n) is 1.83. The maximum Gasteiger partial charge on any atom is 0.330 e. The molecule has 2 aromatic carbocycles. The van der Waals surface area contributed by atoms with Crippen molar-refractivity contribution < 1.29 is 14.3 Å². The lowest BCUT2D eigenvalue weighted by Gasteiger charge is -2.09. The lowest BCUT2D eigenvalue weighted by atomic mass is 10.2. The van der Waals surface area contributed by atoms with Crippen LogP contribution in [0.2, 0.25) is 0 Å². The maximum atomic E-state index is 11.3. The number of hydrogen-bond acceptors (Lipinski definition) is 3. The molecule has 0 aliphatic heterocycles. The van der Waals surface area contributed by atoms with Crippen LogP contribution in [0.4, 0.5) is 0 Å². The van der Waals surface area contributed by atoms with Crippen molar-refractivity contribution in [2.45, 2.75) is 13.5 Å². The Morgan fingerprint density at radius 2 is 1.95 bits per heavy atom. The van der Waals surface area contributed by atoms with Gasteiger partial charge >= 0.3 is 5.97 Å². The van der Waals surface area contributed by atoms with Crippen molar-refractivity contribution >= 4 is 34.6 Å². The molecule has 114 valence electrons. The Hall–Kier alpha value is -1.82. The molecule has 0 saturated heterocycles. The van der Waals surface area contributed by atoms with Gasteiger partial charge in [0.2, 0.25) is 0 Å². The van der Waals surface area contributed by atoms with Gasteiger partial charge in [-0.3, -0.25) is 0 Å². The summed E-state index contributed by atoms with van der Waals surface area (Å²) in [6.07, 6.45) is 3.17. The second kappa shape index (κ2) is 8.58. The van der Waals surface area contributed by atoms with Crippen LogP contribution in [0.3, 0.4) is 0 Å². The van der Waals surface area contributed by atoms with E-state index in [0.29, 0.717) is 13.2 Å². The van der Waals surface area contributed by atoms with Gasteiger partial charge in [0.15, 0.2) is 0 Å². The fourth-order valence-corrected chi connectivity index (χ4v) is 2.52. The van der Waals surface area contributed by atoms with E-state index >= 15 is 0 Å². The van der Waals surface area contributed by atoms with Crippen LogP contribution in [0.1, 0.15) is 18.1 Å². The van der Waals surface area contributed by atoms with Gasteiger partial charge in [0.1, 0.15) is 12.4 Å². The standard InChI is InChI=1S/C18H17IO3/c1-2-21-18(20)11-9-14-8-10-17(16(19)12-14)22-13-15-6-4-3-5-7-15/h3-12H,2,13H2,1H3/b11-9+. The van der Waals surface area contributed by atoms with Crippen molar-refractivity contribution in [3.05, 3.63) is 69.3 Å². The van der Waals surface area contributed by atoms with Gasteiger partial charge < -0.3 is 9.47 Å². The van der Waals surface area contributed by atoms with E-state index in [1.807, 2.05) is 48.5 Å². The van der Waals surface area contributed by atoms with Crippen LogP contribution in [-0.4, -0.2) is 12.6 Å². The summed E-state index contributed by atoms with van der Waals surface area (Å²) >= 11 is 2.23. The minimum Gasteiger partial charge on any atom is -0.488 e. The van der Waals surface area contributed by atoms with E-state index in [4.69, 9.17) is 9.47 Å². The van der Waals surface area contributed by atoms with Crippen molar-refractivity contribution in [2.75, 3.05) is 6.61 Å². The highest BCUT2D eigenvalue weighted by Gasteiger charge is 2.03. The van der Waals surface area contributed by atoms with Gasteiger partial charge in [0.05, 0.1) is 10.2 Å². The summed E-state index contributed by atoms with van der Waals surface area (Å²) < 4.78 is 11.7. The Labute approximate surface area is 144 Å². The molecule has 0 unspecified atom stereocenters. The van der Waals surface area contributed by atoms with Crippen molar-refractivity contribution in [1.29, 1.82) is 0 Å². The number of carbonyl (C=O) groups excluding carboxylic acids is 1. The van der Waals surface area contributed by atoms with E-state index in [-0.39, 0.29) is 5.97 Å². The Kier molecular flexibility index (Phi) is 6.45. The predicted molar refractivity (Wildman–Crippen MR) is 95.6 cm³/mol. The fraction of sp³-hybridized carbons (Fsp3) is 0.167. The number of benzene rings is 2. The molecule has 0 spiro atoms. The Morgan fingerprint density at radius 1 is 1.18 bits per heavy atom. The lowest BCUT2D eigenvalue weighted by molar-refractivity contribution is -0.137. The molecule has 0 N–H and O–H groups in total. The summed E-state index contributed by atoms with van der Waals surface area (Å²) in [7, 11) is 0. The first-order chi connectivity index (χ1) is 10.7. The second-order valence-electron chi connectivity index (χ2n) is 4.55. The quantitative estimate of drug-likeness (QED) is 0.403. The molecule has 0 aliphatic rings. The van der Waals surface area contributed by atoms with Crippen molar-refractivity contribution in [1.82, 2.24) is 0 Å². The van der Waals surface area contributed by atoms with Crippen LogP contribution in [0.15, 0.2) is 54.6 Å². The number of rotatable bonds is 6. The number of halogens is 1. The molecule has 4 heteroatoms. The molecule has 0 radical (unpaired) electrons. The van der Waals surface area contributed by atoms with E-state index in [9.17, 15) is 4.79 Å². The number of esters is 1. The Morgan fingerprint density at radius 3 is 2.64 bits per heavy atom. The smallest absolute Gasteiger partial charge is 0.330 e. The van der Waals surface area contributed by atoms with Gasteiger partial charge in [-0.25, -0.2) is 4.79 Å². The largest absolute Gasteiger partial charge is 0.488 e. The molecule has 0 heterocycles. The summed E-state index contributed by atoms with van der Waals surface area (Å²) in [4.78, 5) is 11.3. The summed E-state index contributed by atoms with van der Waals surface area (Å²) in [5.41, 5.74) is 2.06. The van der Waals surface area contributed by atoms with Crippen LogP contribution in [0.5, 0.6) is 5.75 Å². The van der Waals surface area contributed by atoms with E-state index in [1.54, 1.807) is 13.0 Å². The predicted octanol–water partition coefficient (Wildman–Crippen LogP) is 4.45. The third-order valence-electron chi connectivity index (χ3n) is 2.89. The van der Waals surface area contributed by atoms with Crippen LogP contribution in [0, 0.1) is 3.57 Å².